The van der Waals surface area contributed by atoms with Gasteiger partial charge in [-0.2, -0.15) is 4.98 Å². The van der Waals surface area contributed by atoms with Gasteiger partial charge in [-0.25, -0.2) is 4.68 Å². The van der Waals surface area contributed by atoms with Crippen molar-refractivity contribution in [2.45, 2.75) is 38.8 Å². The lowest BCUT2D eigenvalue weighted by Crippen LogP contribution is -2.31. The van der Waals surface area contributed by atoms with E-state index in [-0.39, 0.29) is 11.8 Å². The zero-order valence-electron chi connectivity index (χ0n) is 19.6. The predicted molar refractivity (Wildman–Crippen MR) is 135 cm³/mol. The number of rotatable bonds is 5. The van der Waals surface area contributed by atoms with Crippen LogP contribution in [0.3, 0.4) is 0 Å². The standard InChI is InChI=1S/C29H26N4O2/c1-19-13-15-21(16-14-19)28-31-29-30-24-11-6-12-25(34)26(24)27(33(29)32-28)22-9-5-10-23(17-22)35-18-20-7-3-2-4-8-20/h2-5,7-10,13-17,27H,6,11-12,18H2,1H3,(H,30,31,32). The molecule has 4 aromatic rings. The van der Waals surface area contributed by atoms with E-state index in [1.165, 1.54) is 5.56 Å². The molecule has 1 aromatic heterocycles. The molecule has 174 valence electrons. The second-order valence-corrected chi connectivity index (χ2v) is 9.11. The molecule has 1 N–H and O–H groups in total. The molecule has 2 aliphatic rings. The van der Waals surface area contributed by atoms with Crippen LogP contribution in [-0.4, -0.2) is 20.5 Å². The highest BCUT2D eigenvalue weighted by molar-refractivity contribution is 5.99. The number of Topliss-reactive ketones (excluding diaryl/α,β-unsaturated/α-hetero) is 1. The summed E-state index contributed by atoms with van der Waals surface area (Å²) in [6.45, 7) is 2.54. The highest BCUT2D eigenvalue weighted by atomic mass is 16.5. The van der Waals surface area contributed by atoms with Gasteiger partial charge in [-0.05, 0) is 43.0 Å². The highest BCUT2D eigenvalue weighted by Crippen LogP contribution is 2.41. The van der Waals surface area contributed by atoms with Gasteiger partial charge in [0.2, 0.25) is 5.95 Å². The predicted octanol–water partition coefficient (Wildman–Crippen LogP) is 5.85. The minimum absolute atomic E-state index is 0.164. The van der Waals surface area contributed by atoms with E-state index in [2.05, 4.69) is 24.4 Å². The Balaban J connectivity index is 1.39. The number of aryl methyl sites for hydroxylation is 1. The summed E-state index contributed by atoms with van der Waals surface area (Å²) >= 11 is 0. The lowest BCUT2D eigenvalue weighted by molar-refractivity contribution is -0.116. The molecule has 6 heteroatoms. The molecular formula is C29H26N4O2. The number of ketones is 1. The molecule has 0 spiro atoms. The molecule has 1 aliphatic carbocycles. The SMILES string of the molecule is Cc1ccc(-c2nc3n(n2)C(c2cccc(OCc4ccccc4)c2)C2=C(CCCC2=O)N3)cc1. The summed E-state index contributed by atoms with van der Waals surface area (Å²) in [7, 11) is 0. The molecule has 3 aromatic carbocycles. The zero-order chi connectivity index (χ0) is 23.8. The van der Waals surface area contributed by atoms with Gasteiger partial charge in [0.25, 0.3) is 0 Å². The zero-order valence-corrected chi connectivity index (χ0v) is 19.6. The number of hydrogen-bond acceptors (Lipinski definition) is 5. The molecule has 0 amide bonds. The van der Waals surface area contributed by atoms with Crippen molar-refractivity contribution in [2.24, 2.45) is 0 Å². The van der Waals surface area contributed by atoms with Crippen LogP contribution in [0.5, 0.6) is 5.75 Å². The van der Waals surface area contributed by atoms with E-state index >= 15 is 0 Å². The Morgan fingerprint density at radius 2 is 1.83 bits per heavy atom. The van der Waals surface area contributed by atoms with Crippen molar-refractivity contribution < 1.29 is 9.53 Å². The molecular weight excluding hydrogens is 436 g/mol. The van der Waals surface area contributed by atoms with E-state index in [1.54, 1.807) is 0 Å². The van der Waals surface area contributed by atoms with E-state index in [9.17, 15) is 4.79 Å². The van der Waals surface area contributed by atoms with Crippen molar-refractivity contribution in [1.82, 2.24) is 14.8 Å². The monoisotopic (exact) mass is 462 g/mol. The van der Waals surface area contributed by atoms with Crippen molar-refractivity contribution in [3.05, 3.63) is 107 Å². The Labute approximate surface area is 204 Å². The lowest BCUT2D eigenvalue weighted by atomic mass is 9.85. The third-order valence-corrected chi connectivity index (χ3v) is 6.60. The number of anilines is 1. The van der Waals surface area contributed by atoms with Gasteiger partial charge in [-0.15, -0.1) is 5.10 Å². The minimum Gasteiger partial charge on any atom is -0.489 e. The maximum Gasteiger partial charge on any atom is 0.226 e. The van der Waals surface area contributed by atoms with Crippen LogP contribution < -0.4 is 10.1 Å². The summed E-state index contributed by atoms with van der Waals surface area (Å²) in [5, 5.41) is 8.28. The first-order valence-electron chi connectivity index (χ1n) is 12.0. The number of hydrogen-bond donors (Lipinski definition) is 1. The average molecular weight is 463 g/mol. The Bertz CT molecular complexity index is 1420. The first-order valence-corrected chi connectivity index (χ1v) is 12.0. The lowest BCUT2D eigenvalue weighted by Gasteiger charge is -2.32. The average Bonchev–Trinajstić information content (AvgIpc) is 3.31. The number of carbonyl (C=O) groups excluding carboxylic acids is 1. The summed E-state index contributed by atoms with van der Waals surface area (Å²) in [5.41, 5.74) is 5.93. The van der Waals surface area contributed by atoms with Crippen LogP contribution in [0.1, 0.15) is 42.0 Å². The second kappa shape index (κ2) is 8.87. The van der Waals surface area contributed by atoms with Crippen LogP contribution in [0.15, 0.2) is 90.1 Å². The first kappa shape index (κ1) is 21.4. The smallest absolute Gasteiger partial charge is 0.226 e. The number of nitrogens with zero attached hydrogens (tertiary/aromatic N) is 3. The van der Waals surface area contributed by atoms with Gasteiger partial charge in [0.1, 0.15) is 18.4 Å². The van der Waals surface area contributed by atoms with Crippen LogP contribution in [0.4, 0.5) is 5.95 Å². The fraction of sp³-hybridized carbons (Fsp3) is 0.207. The summed E-state index contributed by atoms with van der Waals surface area (Å²) in [6, 6.07) is 25.9. The van der Waals surface area contributed by atoms with E-state index in [4.69, 9.17) is 14.8 Å². The second-order valence-electron chi connectivity index (χ2n) is 9.11. The van der Waals surface area contributed by atoms with Gasteiger partial charge >= 0.3 is 0 Å². The van der Waals surface area contributed by atoms with Gasteiger partial charge in [-0.1, -0.05) is 72.3 Å². The number of benzene rings is 3. The van der Waals surface area contributed by atoms with Crippen LogP contribution >= 0.6 is 0 Å². The number of carbonyl (C=O) groups is 1. The number of nitrogens with one attached hydrogen (secondary N) is 1. The highest BCUT2D eigenvalue weighted by Gasteiger charge is 2.37. The van der Waals surface area contributed by atoms with Crippen molar-refractivity contribution in [1.29, 1.82) is 0 Å². The Kier molecular flexibility index (Phi) is 5.41. The topological polar surface area (TPSA) is 69.0 Å². The largest absolute Gasteiger partial charge is 0.489 e. The molecule has 6 nitrogen and oxygen atoms in total. The van der Waals surface area contributed by atoms with E-state index in [1.807, 2.05) is 71.4 Å². The van der Waals surface area contributed by atoms with Crippen molar-refractivity contribution in [2.75, 3.05) is 5.32 Å². The van der Waals surface area contributed by atoms with Crippen LogP contribution in [0.25, 0.3) is 11.4 Å². The number of ether oxygens (including phenoxy) is 1. The molecule has 1 atom stereocenters. The van der Waals surface area contributed by atoms with E-state index in [0.29, 0.717) is 24.8 Å². The maximum absolute atomic E-state index is 13.1. The van der Waals surface area contributed by atoms with Gasteiger partial charge in [-0.3, -0.25) is 4.79 Å². The molecule has 0 saturated heterocycles. The summed E-state index contributed by atoms with van der Waals surface area (Å²) < 4.78 is 7.95. The number of allylic oxidation sites excluding steroid dienone is 2. The van der Waals surface area contributed by atoms with E-state index < -0.39 is 0 Å². The molecule has 1 unspecified atom stereocenters. The number of fused-ring (bicyclic) bond motifs is 1. The molecule has 0 saturated carbocycles. The number of aromatic nitrogens is 3. The Hall–Kier alpha value is -4.19. The van der Waals surface area contributed by atoms with Crippen LogP contribution in [0.2, 0.25) is 0 Å². The van der Waals surface area contributed by atoms with Crippen molar-refractivity contribution >= 4 is 11.7 Å². The minimum atomic E-state index is -0.346. The molecule has 0 fully saturated rings. The normalized spacial score (nSPS) is 16.9. The first-order chi connectivity index (χ1) is 17.2. The summed E-state index contributed by atoms with van der Waals surface area (Å²) in [4.78, 5) is 17.9. The van der Waals surface area contributed by atoms with Gasteiger partial charge in [0.15, 0.2) is 11.6 Å². The van der Waals surface area contributed by atoms with Crippen LogP contribution in [0, 0.1) is 6.92 Å². The van der Waals surface area contributed by atoms with Crippen molar-refractivity contribution in [3.8, 4) is 17.1 Å². The van der Waals surface area contributed by atoms with E-state index in [0.717, 1.165) is 46.6 Å². The third-order valence-electron chi connectivity index (χ3n) is 6.60. The Morgan fingerprint density at radius 1 is 1.00 bits per heavy atom. The fourth-order valence-electron chi connectivity index (χ4n) is 4.80. The maximum atomic E-state index is 13.1. The molecule has 1 aliphatic heterocycles. The molecule has 0 bridgehead atoms. The third kappa shape index (κ3) is 4.12. The molecule has 0 radical (unpaired) electrons. The molecule has 35 heavy (non-hydrogen) atoms. The Morgan fingerprint density at radius 3 is 2.66 bits per heavy atom. The van der Waals surface area contributed by atoms with Crippen LogP contribution in [-0.2, 0) is 11.4 Å². The molecule has 6 rings (SSSR count). The summed E-state index contributed by atoms with van der Waals surface area (Å²) in [6.07, 6.45) is 2.22. The van der Waals surface area contributed by atoms with Crippen molar-refractivity contribution in [3.63, 3.8) is 0 Å². The van der Waals surface area contributed by atoms with Gasteiger partial charge in [0.05, 0.1) is 0 Å². The molecule has 2 heterocycles. The quantitative estimate of drug-likeness (QED) is 0.403. The van der Waals surface area contributed by atoms with Gasteiger partial charge in [0, 0.05) is 23.3 Å². The van der Waals surface area contributed by atoms with Gasteiger partial charge < -0.3 is 10.1 Å². The summed E-state index contributed by atoms with van der Waals surface area (Å²) in [5.74, 6) is 2.23. The fourth-order valence-corrected chi connectivity index (χ4v) is 4.80.